The fourth-order valence-corrected chi connectivity index (χ4v) is 0.507. The first-order chi connectivity index (χ1) is 4.81. The molecule has 56 valence electrons. The molecule has 0 heterocycles. The average Bonchev–Trinajstić information content (AvgIpc) is 1.89. The van der Waals surface area contributed by atoms with Gasteiger partial charge in [0.25, 0.3) is 0 Å². The summed E-state index contributed by atoms with van der Waals surface area (Å²) in [6.07, 6.45) is 0.370. The van der Waals surface area contributed by atoms with Gasteiger partial charge in [0.05, 0.1) is 19.1 Å². The van der Waals surface area contributed by atoms with Gasteiger partial charge >= 0.3 is 0 Å². The Morgan fingerprint density at radius 2 is 2.40 bits per heavy atom. The van der Waals surface area contributed by atoms with E-state index >= 15 is 0 Å². The Labute approximate surface area is 60.6 Å². The Bertz CT molecular complexity index is 137. The Morgan fingerprint density at radius 3 is 2.90 bits per heavy atom. The van der Waals surface area contributed by atoms with Crippen LogP contribution in [0.2, 0.25) is 0 Å². The fourth-order valence-electron chi connectivity index (χ4n) is 0.507. The van der Waals surface area contributed by atoms with Crippen molar-refractivity contribution in [1.29, 1.82) is 5.26 Å². The van der Waals surface area contributed by atoms with Crippen molar-refractivity contribution in [2.45, 2.75) is 19.8 Å². The number of ether oxygens (including phenoxy) is 1. The number of nitriles is 1. The van der Waals surface area contributed by atoms with Crippen LogP contribution < -0.4 is 0 Å². The first-order valence-electron chi connectivity index (χ1n) is 3.27. The topological polar surface area (TPSA) is 50.1 Å². The van der Waals surface area contributed by atoms with E-state index in [4.69, 9.17) is 10.00 Å². The van der Waals surface area contributed by atoms with Crippen LogP contribution in [0.5, 0.6) is 0 Å². The lowest BCUT2D eigenvalue weighted by molar-refractivity contribution is -0.119. The quantitative estimate of drug-likeness (QED) is 0.534. The third-order valence-electron chi connectivity index (χ3n) is 1.01. The molecule has 0 atom stereocenters. The fraction of sp³-hybridized carbons (Fsp3) is 0.714. The van der Waals surface area contributed by atoms with E-state index < -0.39 is 0 Å². The van der Waals surface area contributed by atoms with Crippen LogP contribution in [0.15, 0.2) is 0 Å². The molecule has 0 N–H and O–H groups in total. The first-order valence-corrected chi connectivity index (χ1v) is 3.27. The Balaban J connectivity index is 3.15. The van der Waals surface area contributed by atoms with E-state index in [0.29, 0.717) is 19.6 Å². The molecular weight excluding hydrogens is 130 g/mol. The number of hydrogen-bond donors (Lipinski definition) is 0. The van der Waals surface area contributed by atoms with Crippen LogP contribution in [-0.2, 0) is 9.53 Å². The van der Waals surface area contributed by atoms with Crippen LogP contribution in [0.1, 0.15) is 19.8 Å². The van der Waals surface area contributed by atoms with Crippen molar-refractivity contribution in [3.63, 3.8) is 0 Å². The molecule has 0 spiro atoms. The Hall–Kier alpha value is -0.880. The number of ketones is 1. The molecule has 0 aliphatic carbocycles. The number of Topliss-reactive ketones (excluding diaryl/α,β-unsaturated/α-hetero) is 1. The van der Waals surface area contributed by atoms with Crippen LogP contribution in [-0.4, -0.2) is 19.0 Å². The highest BCUT2D eigenvalue weighted by Gasteiger charge is 1.98. The van der Waals surface area contributed by atoms with Crippen molar-refractivity contribution < 1.29 is 9.53 Å². The van der Waals surface area contributed by atoms with E-state index in [-0.39, 0.29) is 12.2 Å². The highest BCUT2D eigenvalue weighted by molar-refractivity contribution is 5.80. The second kappa shape index (κ2) is 6.24. The van der Waals surface area contributed by atoms with Crippen molar-refractivity contribution in [2.75, 3.05) is 13.2 Å². The minimum Gasteiger partial charge on any atom is -0.381 e. The number of hydrogen-bond acceptors (Lipinski definition) is 3. The third kappa shape index (κ3) is 5.26. The summed E-state index contributed by atoms with van der Waals surface area (Å²) in [6, 6.07) is 1.79. The Morgan fingerprint density at radius 1 is 1.70 bits per heavy atom. The lowest BCUT2D eigenvalue weighted by atomic mass is 10.2. The maximum absolute atomic E-state index is 10.6. The molecular formula is C7H11NO2. The van der Waals surface area contributed by atoms with Crippen molar-refractivity contribution in [3.05, 3.63) is 0 Å². The van der Waals surface area contributed by atoms with Crippen molar-refractivity contribution in [1.82, 2.24) is 0 Å². The van der Waals surface area contributed by atoms with Crippen LogP contribution in [0, 0.1) is 11.3 Å². The molecule has 0 aliphatic heterocycles. The van der Waals surface area contributed by atoms with Gasteiger partial charge in [-0.3, -0.25) is 4.79 Å². The zero-order valence-corrected chi connectivity index (χ0v) is 6.09. The smallest absolute Gasteiger partial charge is 0.149 e. The number of rotatable bonds is 5. The maximum Gasteiger partial charge on any atom is 0.149 e. The molecule has 0 aliphatic rings. The summed E-state index contributed by atoms with van der Waals surface area (Å²) in [5, 5.41) is 8.08. The summed E-state index contributed by atoms with van der Waals surface area (Å²) in [7, 11) is 0. The second-order valence-electron chi connectivity index (χ2n) is 1.82. The largest absolute Gasteiger partial charge is 0.381 e. The van der Waals surface area contributed by atoms with Gasteiger partial charge in [-0.05, 0) is 6.92 Å². The predicted octanol–water partition coefficient (Wildman–Crippen LogP) is 0.896. The molecule has 0 aromatic heterocycles. The molecule has 10 heavy (non-hydrogen) atoms. The molecule has 0 aromatic rings. The van der Waals surface area contributed by atoms with E-state index in [9.17, 15) is 4.79 Å². The van der Waals surface area contributed by atoms with E-state index in [1.54, 1.807) is 6.07 Å². The molecule has 0 aromatic carbocycles. The standard InChI is InChI=1S/C7H11NO2/c1-2-10-6-4-7(9)3-5-8/h2-4,6H2,1H3. The van der Waals surface area contributed by atoms with Gasteiger partial charge in [0, 0.05) is 13.0 Å². The summed E-state index contributed by atoms with van der Waals surface area (Å²) in [5.41, 5.74) is 0. The van der Waals surface area contributed by atoms with Gasteiger partial charge in [-0.1, -0.05) is 0 Å². The third-order valence-corrected chi connectivity index (χ3v) is 1.01. The number of carbonyl (C=O) groups excluding carboxylic acids is 1. The summed E-state index contributed by atoms with van der Waals surface area (Å²) < 4.78 is 4.92. The van der Waals surface area contributed by atoms with Crippen LogP contribution >= 0.6 is 0 Å². The minimum absolute atomic E-state index is 0.00702. The minimum atomic E-state index is -0.0454. The van der Waals surface area contributed by atoms with Crippen LogP contribution in [0.3, 0.4) is 0 Å². The SMILES string of the molecule is CCOCCC(=O)CC#N. The lowest BCUT2D eigenvalue weighted by Gasteiger charge is -1.96. The zero-order valence-electron chi connectivity index (χ0n) is 6.09. The molecule has 3 heteroatoms. The average molecular weight is 141 g/mol. The van der Waals surface area contributed by atoms with Gasteiger partial charge < -0.3 is 4.74 Å². The summed E-state index contributed by atoms with van der Waals surface area (Å²) in [5.74, 6) is -0.0454. The van der Waals surface area contributed by atoms with Gasteiger partial charge in [0.1, 0.15) is 5.78 Å². The molecule has 0 saturated carbocycles. The van der Waals surface area contributed by atoms with Gasteiger partial charge in [-0.2, -0.15) is 5.26 Å². The molecule has 0 amide bonds. The van der Waals surface area contributed by atoms with Crippen molar-refractivity contribution in [2.24, 2.45) is 0 Å². The van der Waals surface area contributed by atoms with Gasteiger partial charge in [-0.15, -0.1) is 0 Å². The second-order valence-corrected chi connectivity index (χ2v) is 1.82. The summed E-state index contributed by atoms with van der Waals surface area (Å²) in [6.45, 7) is 2.94. The van der Waals surface area contributed by atoms with Crippen LogP contribution in [0.4, 0.5) is 0 Å². The Kier molecular flexibility index (Phi) is 5.69. The monoisotopic (exact) mass is 141 g/mol. The molecule has 0 unspecified atom stereocenters. The lowest BCUT2D eigenvalue weighted by Crippen LogP contribution is -2.02. The molecule has 0 rings (SSSR count). The van der Waals surface area contributed by atoms with Crippen molar-refractivity contribution >= 4 is 5.78 Å². The molecule has 3 nitrogen and oxygen atoms in total. The molecule has 0 bridgehead atoms. The van der Waals surface area contributed by atoms with Gasteiger partial charge in [0.2, 0.25) is 0 Å². The number of nitrogens with zero attached hydrogens (tertiary/aromatic N) is 1. The van der Waals surface area contributed by atoms with Crippen LogP contribution in [0.25, 0.3) is 0 Å². The highest BCUT2D eigenvalue weighted by atomic mass is 16.5. The van der Waals surface area contributed by atoms with E-state index in [1.165, 1.54) is 0 Å². The first kappa shape index (κ1) is 9.12. The summed E-state index contributed by atoms with van der Waals surface area (Å²) in [4.78, 5) is 10.6. The number of carbonyl (C=O) groups is 1. The maximum atomic E-state index is 10.6. The van der Waals surface area contributed by atoms with Crippen molar-refractivity contribution in [3.8, 4) is 6.07 Å². The van der Waals surface area contributed by atoms with Gasteiger partial charge in [0.15, 0.2) is 0 Å². The van der Waals surface area contributed by atoms with E-state index in [0.717, 1.165) is 0 Å². The van der Waals surface area contributed by atoms with E-state index in [2.05, 4.69) is 0 Å². The van der Waals surface area contributed by atoms with E-state index in [1.807, 2.05) is 6.92 Å². The molecule has 0 radical (unpaired) electrons. The zero-order chi connectivity index (χ0) is 7.82. The molecule has 0 saturated heterocycles. The highest BCUT2D eigenvalue weighted by Crippen LogP contribution is 1.88. The predicted molar refractivity (Wildman–Crippen MR) is 36.3 cm³/mol. The molecule has 0 fully saturated rings. The summed E-state index contributed by atoms with van der Waals surface area (Å²) >= 11 is 0. The normalized spacial score (nSPS) is 8.80. The van der Waals surface area contributed by atoms with Gasteiger partial charge in [-0.25, -0.2) is 0 Å².